The summed E-state index contributed by atoms with van der Waals surface area (Å²) in [5, 5.41) is 13.1. The third-order valence-electron chi connectivity index (χ3n) is 3.20. The molecular formula is C12H22N4O2S. The molecule has 0 bridgehead atoms. The predicted molar refractivity (Wildman–Crippen MR) is 74.5 cm³/mol. The molecule has 1 aliphatic heterocycles. The van der Waals surface area contributed by atoms with Crippen molar-refractivity contribution in [3.8, 4) is 5.88 Å². The van der Waals surface area contributed by atoms with Gasteiger partial charge in [0.15, 0.2) is 0 Å². The summed E-state index contributed by atoms with van der Waals surface area (Å²) in [6.45, 7) is 6.38. The van der Waals surface area contributed by atoms with Gasteiger partial charge in [0.05, 0.1) is 11.7 Å². The minimum Gasteiger partial charge on any atom is -0.473 e. The van der Waals surface area contributed by atoms with Crippen molar-refractivity contribution in [3.05, 3.63) is 6.20 Å². The Morgan fingerprint density at radius 3 is 3.00 bits per heavy atom. The Kier molecular flexibility index (Phi) is 5.96. The fraction of sp³-hybridized carbons (Fsp3) is 0.833. The summed E-state index contributed by atoms with van der Waals surface area (Å²) >= 11 is 1.10. The first kappa shape index (κ1) is 14.6. The van der Waals surface area contributed by atoms with Gasteiger partial charge in [0.2, 0.25) is 5.88 Å². The Morgan fingerprint density at radius 1 is 1.53 bits per heavy atom. The number of nitrogens with zero attached hydrogens (tertiary/aromatic N) is 3. The summed E-state index contributed by atoms with van der Waals surface area (Å²) in [5.74, 6) is 0.481. The lowest BCUT2D eigenvalue weighted by Gasteiger charge is -2.22. The van der Waals surface area contributed by atoms with Crippen molar-refractivity contribution in [2.24, 2.45) is 0 Å². The third-order valence-corrected chi connectivity index (χ3v) is 3.66. The Balaban J connectivity index is 1.55. The number of aliphatic hydroxyl groups excluding tert-OH is 1. The first-order valence-corrected chi connectivity index (χ1v) is 7.51. The van der Waals surface area contributed by atoms with E-state index < -0.39 is 6.10 Å². The summed E-state index contributed by atoms with van der Waals surface area (Å²) in [7, 11) is 0. The molecule has 7 heteroatoms. The van der Waals surface area contributed by atoms with E-state index in [2.05, 4.69) is 25.9 Å². The van der Waals surface area contributed by atoms with Gasteiger partial charge in [-0.3, -0.25) is 0 Å². The molecule has 108 valence electrons. The van der Waals surface area contributed by atoms with Crippen LogP contribution in [-0.4, -0.2) is 63.7 Å². The van der Waals surface area contributed by atoms with Crippen molar-refractivity contribution in [3.63, 3.8) is 0 Å². The number of likely N-dealkylation sites (tertiary alicyclic amines) is 1. The minimum atomic E-state index is -0.525. The molecule has 0 aromatic carbocycles. The molecule has 0 saturated carbocycles. The van der Waals surface area contributed by atoms with E-state index in [1.165, 1.54) is 25.9 Å². The number of hydrogen-bond donors (Lipinski definition) is 2. The maximum atomic E-state index is 9.81. The molecule has 2 unspecified atom stereocenters. The van der Waals surface area contributed by atoms with Crippen molar-refractivity contribution in [1.29, 1.82) is 0 Å². The van der Waals surface area contributed by atoms with Crippen LogP contribution in [0, 0.1) is 0 Å². The van der Waals surface area contributed by atoms with Gasteiger partial charge in [-0.2, -0.15) is 4.37 Å². The summed E-state index contributed by atoms with van der Waals surface area (Å²) in [6.07, 6.45) is 3.65. The van der Waals surface area contributed by atoms with E-state index in [-0.39, 0.29) is 6.61 Å². The smallest absolute Gasteiger partial charge is 0.245 e. The van der Waals surface area contributed by atoms with Crippen LogP contribution >= 0.6 is 11.7 Å². The lowest BCUT2D eigenvalue weighted by atomic mass is 10.3. The van der Waals surface area contributed by atoms with E-state index in [0.29, 0.717) is 18.5 Å². The summed E-state index contributed by atoms with van der Waals surface area (Å²) in [5.41, 5.74) is 0. The molecule has 1 saturated heterocycles. The Morgan fingerprint density at radius 2 is 2.32 bits per heavy atom. The van der Waals surface area contributed by atoms with Crippen LogP contribution in [0.25, 0.3) is 0 Å². The highest BCUT2D eigenvalue weighted by molar-refractivity contribution is 6.99. The zero-order chi connectivity index (χ0) is 13.5. The van der Waals surface area contributed by atoms with Crippen LogP contribution in [-0.2, 0) is 0 Å². The SMILES string of the molecule is CC(CN1CCCC1)NCC(O)COc1cnsn1. The van der Waals surface area contributed by atoms with Crippen molar-refractivity contribution >= 4 is 11.7 Å². The second-order valence-electron chi connectivity index (χ2n) is 5.03. The van der Waals surface area contributed by atoms with E-state index in [1.807, 2.05) is 0 Å². The van der Waals surface area contributed by atoms with Crippen molar-refractivity contribution in [2.45, 2.75) is 31.9 Å². The predicted octanol–water partition coefficient (Wildman–Crippen LogP) is 0.352. The number of hydrogen-bond acceptors (Lipinski definition) is 7. The molecule has 2 heterocycles. The second-order valence-corrected chi connectivity index (χ2v) is 5.58. The van der Waals surface area contributed by atoms with Gasteiger partial charge in [-0.25, -0.2) is 0 Å². The maximum Gasteiger partial charge on any atom is 0.245 e. The highest BCUT2D eigenvalue weighted by Gasteiger charge is 2.15. The standard InChI is InChI=1S/C12H22N4O2S/c1-10(8-16-4-2-3-5-16)13-6-11(17)9-18-12-7-14-19-15-12/h7,10-11,13,17H,2-6,8-9H2,1H3. The summed E-state index contributed by atoms with van der Waals surface area (Å²) in [4.78, 5) is 2.46. The average Bonchev–Trinajstić information content (AvgIpc) is 3.06. The molecule has 1 aromatic heterocycles. The molecule has 1 aliphatic rings. The molecule has 0 spiro atoms. The molecule has 2 atom stereocenters. The lowest BCUT2D eigenvalue weighted by molar-refractivity contribution is 0.100. The Bertz CT molecular complexity index is 344. The quantitative estimate of drug-likeness (QED) is 0.719. The lowest BCUT2D eigenvalue weighted by Crippen LogP contribution is -2.42. The summed E-state index contributed by atoms with van der Waals surface area (Å²) in [6, 6.07) is 0.383. The molecule has 19 heavy (non-hydrogen) atoms. The second kappa shape index (κ2) is 7.74. The minimum absolute atomic E-state index is 0.245. The molecule has 6 nitrogen and oxygen atoms in total. The Hall–Kier alpha value is -0.760. The molecule has 0 amide bonds. The number of aliphatic hydroxyl groups is 1. The van der Waals surface area contributed by atoms with Crippen LogP contribution in [0.15, 0.2) is 6.20 Å². The van der Waals surface area contributed by atoms with Gasteiger partial charge in [0.1, 0.15) is 18.9 Å². The average molecular weight is 286 g/mol. The first-order chi connectivity index (χ1) is 9.24. The number of aromatic nitrogens is 2. The molecule has 1 aromatic rings. The highest BCUT2D eigenvalue weighted by atomic mass is 32.1. The Labute approximate surface area is 118 Å². The van der Waals surface area contributed by atoms with E-state index in [4.69, 9.17) is 4.74 Å². The fourth-order valence-corrected chi connectivity index (χ4v) is 2.58. The normalized spacial score (nSPS) is 19.5. The van der Waals surface area contributed by atoms with Crippen molar-refractivity contribution < 1.29 is 9.84 Å². The topological polar surface area (TPSA) is 70.5 Å². The largest absolute Gasteiger partial charge is 0.473 e. The molecule has 2 rings (SSSR count). The molecule has 0 radical (unpaired) electrons. The number of nitrogens with one attached hydrogen (secondary N) is 1. The highest BCUT2D eigenvalue weighted by Crippen LogP contribution is 2.07. The van der Waals surface area contributed by atoms with Gasteiger partial charge < -0.3 is 20.1 Å². The van der Waals surface area contributed by atoms with E-state index in [1.54, 1.807) is 6.20 Å². The molecular weight excluding hydrogens is 264 g/mol. The van der Waals surface area contributed by atoms with Crippen LogP contribution in [0.3, 0.4) is 0 Å². The fourth-order valence-electron chi connectivity index (χ4n) is 2.21. The van der Waals surface area contributed by atoms with Crippen molar-refractivity contribution in [1.82, 2.24) is 19.0 Å². The first-order valence-electron chi connectivity index (χ1n) is 6.78. The van der Waals surface area contributed by atoms with Gasteiger partial charge >= 0.3 is 0 Å². The van der Waals surface area contributed by atoms with Gasteiger partial charge in [0, 0.05) is 19.1 Å². The van der Waals surface area contributed by atoms with Crippen LogP contribution < -0.4 is 10.1 Å². The van der Waals surface area contributed by atoms with Gasteiger partial charge in [-0.05, 0) is 32.9 Å². The third kappa shape index (κ3) is 5.40. The van der Waals surface area contributed by atoms with Gasteiger partial charge in [0.25, 0.3) is 0 Å². The van der Waals surface area contributed by atoms with E-state index >= 15 is 0 Å². The van der Waals surface area contributed by atoms with E-state index in [0.717, 1.165) is 18.3 Å². The zero-order valence-electron chi connectivity index (χ0n) is 11.3. The van der Waals surface area contributed by atoms with E-state index in [9.17, 15) is 5.11 Å². The van der Waals surface area contributed by atoms with Crippen LogP contribution in [0.4, 0.5) is 0 Å². The van der Waals surface area contributed by atoms with Gasteiger partial charge in [-0.15, -0.1) is 4.37 Å². The number of ether oxygens (including phenoxy) is 1. The summed E-state index contributed by atoms with van der Waals surface area (Å²) < 4.78 is 13.1. The zero-order valence-corrected chi connectivity index (χ0v) is 12.1. The molecule has 2 N–H and O–H groups in total. The maximum absolute atomic E-state index is 9.81. The number of rotatable bonds is 8. The molecule has 1 fully saturated rings. The van der Waals surface area contributed by atoms with Crippen LogP contribution in [0.1, 0.15) is 19.8 Å². The van der Waals surface area contributed by atoms with Crippen LogP contribution in [0.2, 0.25) is 0 Å². The van der Waals surface area contributed by atoms with Crippen LogP contribution in [0.5, 0.6) is 5.88 Å². The monoisotopic (exact) mass is 286 g/mol. The van der Waals surface area contributed by atoms with Gasteiger partial charge in [-0.1, -0.05) is 0 Å². The van der Waals surface area contributed by atoms with Crippen molar-refractivity contribution in [2.75, 3.05) is 32.8 Å². The molecule has 0 aliphatic carbocycles.